The van der Waals surface area contributed by atoms with E-state index in [1.54, 1.807) is 0 Å². The maximum Gasteiger partial charge on any atom is 0.303 e. The van der Waals surface area contributed by atoms with Crippen molar-refractivity contribution in [3.05, 3.63) is 23.0 Å². The molecular weight excluding hydrogens is 496 g/mol. The topological polar surface area (TPSA) is 61.8 Å². The highest BCUT2D eigenvalue weighted by Gasteiger charge is 2.68. The van der Waals surface area contributed by atoms with Crippen LogP contribution in [0.5, 0.6) is 0 Å². The Balaban J connectivity index is 1.68. The molecule has 2 saturated carbocycles. The van der Waals surface area contributed by atoms with Gasteiger partial charge in [0.15, 0.2) is 13.9 Å². The number of fused-ring (bicyclic) bond motifs is 5. The van der Waals surface area contributed by atoms with Crippen molar-refractivity contribution in [1.29, 1.82) is 0 Å². The van der Waals surface area contributed by atoms with Crippen molar-refractivity contribution in [2.75, 3.05) is 6.61 Å². The zero-order valence-electron chi connectivity index (χ0n) is 25.0. The van der Waals surface area contributed by atoms with E-state index in [0.717, 1.165) is 38.5 Å². The summed E-state index contributed by atoms with van der Waals surface area (Å²) in [4.78, 5) is 26.3. The van der Waals surface area contributed by atoms with Gasteiger partial charge in [-0.25, -0.2) is 0 Å². The Morgan fingerprint density at radius 3 is 2.22 bits per heavy atom. The minimum Gasteiger partial charge on any atom is -0.547 e. The summed E-state index contributed by atoms with van der Waals surface area (Å²) in [7, 11) is -3.52. The molecule has 0 aromatic carbocycles. The van der Waals surface area contributed by atoms with Crippen molar-refractivity contribution >= 4 is 28.4 Å². The van der Waals surface area contributed by atoms with Gasteiger partial charge in [-0.1, -0.05) is 19.4 Å². The van der Waals surface area contributed by atoms with Crippen LogP contribution in [0.1, 0.15) is 72.6 Å². The summed E-state index contributed by atoms with van der Waals surface area (Å²) in [6.07, 6.45) is 9.10. The first kappa shape index (κ1) is 28.8. The molecule has 0 radical (unpaired) electrons. The summed E-state index contributed by atoms with van der Waals surface area (Å²) in [5.41, 5.74) is 1.68. The summed E-state index contributed by atoms with van der Waals surface area (Å²) >= 11 is 0. The van der Waals surface area contributed by atoms with Crippen molar-refractivity contribution in [3.8, 4) is 0 Å². The lowest BCUT2D eigenvalue weighted by molar-refractivity contribution is -0.188. The van der Waals surface area contributed by atoms with Crippen LogP contribution in [-0.2, 0) is 23.2 Å². The molecule has 0 N–H and O–H groups in total. The predicted octanol–water partition coefficient (Wildman–Crippen LogP) is 7.41. The van der Waals surface area contributed by atoms with Crippen LogP contribution in [0.2, 0.25) is 39.3 Å². The molecule has 6 atom stereocenters. The van der Waals surface area contributed by atoms with Gasteiger partial charge in [0.05, 0.1) is 12.4 Å². The Morgan fingerprint density at radius 1 is 0.973 bits per heavy atom. The van der Waals surface area contributed by atoms with Gasteiger partial charge in [-0.2, -0.15) is 0 Å². The van der Waals surface area contributed by atoms with Crippen LogP contribution in [0, 0.1) is 28.6 Å². The Hall–Kier alpha value is -1.19. The van der Waals surface area contributed by atoms with Gasteiger partial charge in [-0.3, -0.25) is 9.59 Å². The average molecular weight is 547 g/mol. The zero-order valence-corrected chi connectivity index (χ0v) is 27.0. The predicted molar refractivity (Wildman–Crippen MR) is 153 cm³/mol. The number of esters is 1. The van der Waals surface area contributed by atoms with E-state index in [4.69, 9.17) is 13.6 Å². The number of rotatable bonds is 7. The summed E-state index contributed by atoms with van der Waals surface area (Å²) in [6, 6.07) is 0. The molecule has 0 unspecified atom stereocenters. The number of ether oxygens (including phenoxy) is 1. The van der Waals surface area contributed by atoms with Gasteiger partial charge in [0.2, 0.25) is 14.1 Å². The van der Waals surface area contributed by atoms with E-state index < -0.39 is 22.2 Å². The van der Waals surface area contributed by atoms with Crippen molar-refractivity contribution in [3.63, 3.8) is 0 Å². The highest BCUT2D eigenvalue weighted by atomic mass is 28.4. The third-order valence-electron chi connectivity index (χ3n) is 10.0. The minimum atomic E-state index is -1.88. The molecular formula is C30H50O5Si2. The lowest BCUT2D eigenvalue weighted by atomic mass is 9.46. The maximum atomic E-state index is 13.9. The largest absolute Gasteiger partial charge is 0.547 e. The smallest absolute Gasteiger partial charge is 0.303 e. The number of carbonyl (C=O) groups is 2. The van der Waals surface area contributed by atoms with Crippen molar-refractivity contribution in [2.45, 2.75) is 118 Å². The number of ketones is 1. The van der Waals surface area contributed by atoms with E-state index >= 15 is 0 Å². The lowest BCUT2D eigenvalue weighted by Gasteiger charge is -2.59. The van der Waals surface area contributed by atoms with Crippen LogP contribution >= 0.6 is 0 Å². The first-order chi connectivity index (χ1) is 16.9. The van der Waals surface area contributed by atoms with Gasteiger partial charge >= 0.3 is 5.97 Å². The second-order valence-electron chi connectivity index (χ2n) is 14.8. The molecule has 0 amide bonds. The van der Waals surface area contributed by atoms with E-state index in [9.17, 15) is 9.59 Å². The third-order valence-corrected chi connectivity index (χ3v) is 11.9. The van der Waals surface area contributed by atoms with E-state index in [1.807, 2.05) is 0 Å². The van der Waals surface area contributed by atoms with Crippen LogP contribution in [0.4, 0.5) is 0 Å². The molecule has 0 spiro atoms. The monoisotopic (exact) mass is 546 g/mol. The molecule has 0 heterocycles. The van der Waals surface area contributed by atoms with Gasteiger partial charge in [0.25, 0.3) is 0 Å². The molecule has 4 aliphatic carbocycles. The van der Waals surface area contributed by atoms with Crippen molar-refractivity contribution in [2.24, 2.45) is 28.6 Å². The standard InChI is InChI=1S/C30H50O5Si2/c1-20-17-23-24(28(3)14-11-22(18-26(20)28)35-37(8,9)10)12-15-29(4)25(23)13-16-30(29,34-21(2)31)27(32)19-33-36(5,6)7/h18,23-25H,11-17,19H2,1-10H3/t23-,24+,25+,28-,29+,30+/m1/s1. The van der Waals surface area contributed by atoms with Gasteiger partial charge in [0, 0.05) is 18.8 Å². The first-order valence-corrected chi connectivity index (χ1v) is 21.2. The summed E-state index contributed by atoms with van der Waals surface area (Å²) < 4.78 is 18.6. The SMILES string of the molecule is CC(=O)O[C@]1(C(=O)CO[Si](C)(C)C)CC[C@H]2[C@@H]3CC(C)=C4C=C(O[Si](C)(C)C)CC[C@]4(C)[C@H]3CC[C@@]21C. The fourth-order valence-corrected chi connectivity index (χ4v) is 10.0. The Bertz CT molecular complexity index is 1020. The molecule has 208 valence electrons. The Kier molecular flexibility index (Phi) is 7.38. The molecule has 2 fully saturated rings. The number of hydrogen-bond donors (Lipinski definition) is 0. The number of hydrogen-bond acceptors (Lipinski definition) is 5. The van der Waals surface area contributed by atoms with Gasteiger partial charge in [-0.05, 0) is 120 Å². The van der Waals surface area contributed by atoms with Crippen LogP contribution in [0.15, 0.2) is 23.0 Å². The molecule has 4 rings (SSSR count). The fraction of sp³-hybridized carbons (Fsp3) is 0.800. The normalized spacial score (nSPS) is 37.8. The van der Waals surface area contributed by atoms with Crippen LogP contribution in [-0.4, -0.2) is 40.6 Å². The van der Waals surface area contributed by atoms with Crippen molar-refractivity contribution in [1.82, 2.24) is 0 Å². The molecule has 0 aromatic rings. The molecule has 7 heteroatoms. The number of allylic oxidation sites excluding steroid dienone is 4. The molecule has 37 heavy (non-hydrogen) atoms. The first-order valence-electron chi connectivity index (χ1n) is 14.4. The van der Waals surface area contributed by atoms with Crippen LogP contribution in [0.25, 0.3) is 0 Å². The van der Waals surface area contributed by atoms with E-state index in [1.165, 1.54) is 23.8 Å². The van der Waals surface area contributed by atoms with Crippen LogP contribution in [0.3, 0.4) is 0 Å². The summed E-state index contributed by atoms with van der Waals surface area (Å²) in [6.45, 7) is 21.6. The summed E-state index contributed by atoms with van der Waals surface area (Å²) in [5.74, 6) is 2.23. The zero-order chi connectivity index (χ0) is 27.6. The van der Waals surface area contributed by atoms with Crippen molar-refractivity contribution < 1.29 is 23.2 Å². The molecule has 0 aromatic heterocycles. The molecule has 0 aliphatic heterocycles. The number of carbonyl (C=O) groups excluding carboxylic acids is 2. The quantitative estimate of drug-likeness (QED) is 0.246. The summed E-state index contributed by atoms with van der Waals surface area (Å²) in [5, 5.41) is 0. The van der Waals surface area contributed by atoms with E-state index in [0.29, 0.717) is 24.2 Å². The molecule has 0 bridgehead atoms. The fourth-order valence-electron chi connectivity index (χ4n) is 8.54. The molecule has 4 aliphatic rings. The number of Topliss-reactive ketones (excluding diaryl/α,β-unsaturated/α-hetero) is 1. The Labute approximate surface area is 227 Å². The highest BCUT2D eigenvalue weighted by molar-refractivity contribution is 6.70. The van der Waals surface area contributed by atoms with Crippen LogP contribution < -0.4 is 0 Å². The third kappa shape index (κ3) is 5.09. The second-order valence-corrected chi connectivity index (χ2v) is 23.7. The van der Waals surface area contributed by atoms with Gasteiger partial charge in [0.1, 0.15) is 0 Å². The highest BCUT2D eigenvalue weighted by Crippen LogP contribution is 2.68. The molecule has 5 nitrogen and oxygen atoms in total. The van der Waals surface area contributed by atoms with Gasteiger partial charge < -0.3 is 13.6 Å². The van der Waals surface area contributed by atoms with E-state index in [2.05, 4.69) is 66.1 Å². The Morgan fingerprint density at radius 2 is 1.62 bits per heavy atom. The van der Waals surface area contributed by atoms with E-state index in [-0.39, 0.29) is 29.2 Å². The minimum absolute atomic E-state index is 0.0303. The molecule has 0 saturated heterocycles. The lowest BCUT2D eigenvalue weighted by Crippen LogP contribution is -2.60. The second kappa shape index (κ2) is 9.48. The maximum absolute atomic E-state index is 13.9. The average Bonchev–Trinajstić information content (AvgIpc) is 3.04. The van der Waals surface area contributed by atoms with Gasteiger partial charge in [-0.15, -0.1) is 0 Å².